The van der Waals surface area contributed by atoms with Gasteiger partial charge < -0.3 is 14.8 Å². The van der Waals surface area contributed by atoms with Gasteiger partial charge in [-0.05, 0) is 105 Å². The molecule has 1 aliphatic rings. The van der Waals surface area contributed by atoms with Crippen molar-refractivity contribution in [3.05, 3.63) is 112 Å². The number of nitrogens with zero attached hydrogens (tertiary/aromatic N) is 3. The van der Waals surface area contributed by atoms with E-state index in [9.17, 15) is 13.2 Å². The van der Waals surface area contributed by atoms with Crippen molar-refractivity contribution in [3.63, 3.8) is 0 Å². The molecule has 0 saturated carbocycles. The van der Waals surface area contributed by atoms with Crippen molar-refractivity contribution in [3.8, 4) is 5.69 Å². The van der Waals surface area contributed by atoms with E-state index in [2.05, 4.69) is 47.2 Å². The van der Waals surface area contributed by atoms with Crippen LogP contribution < -0.4 is 10.2 Å². The Bertz CT molecular complexity index is 1480. The molecule has 8 heteroatoms. The maximum absolute atomic E-state index is 13.5. The van der Waals surface area contributed by atoms with Crippen LogP contribution in [0.3, 0.4) is 0 Å². The van der Waals surface area contributed by atoms with Gasteiger partial charge in [0.15, 0.2) is 5.11 Å². The number of aryl methyl sites for hydroxylation is 3. The fraction of sp³-hybridized carbons (Fsp3) is 0.241. The molecule has 3 heterocycles. The summed E-state index contributed by atoms with van der Waals surface area (Å²) in [6.45, 7) is 7.98. The van der Waals surface area contributed by atoms with E-state index in [1.54, 1.807) is 12.3 Å². The van der Waals surface area contributed by atoms with E-state index in [1.807, 2.05) is 42.7 Å². The topological polar surface area (TPSA) is 33.1 Å². The van der Waals surface area contributed by atoms with Crippen LogP contribution in [0.5, 0.6) is 0 Å². The van der Waals surface area contributed by atoms with Crippen molar-refractivity contribution in [1.29, 1.82) is 0 Å². The van der Waals surface area contributed by atoms with Gasteiger partial charge >= 0.3 is 6.18 Å². The molecule has 0 radical (unpaired) electrons. The lowest BCUT2D eigenvalue weighted by molar-refractivity contribution is -0.137. The highest BCUT2D eigenvalue weighted by Crippen LogP contribution is 2.44. The monoisotopic (exact) mass is 520 g/mol. The van der Waals surface area contributed by atoms with Gasteiger partial charge in [-0.2, -0.15) is 13.2 Å². The van der Waals surface area contributed by atoms with E-state index in [1.165, 1.54) is 17.7 Å². The van der Waals surface area contributed by atoms with Crippen molar-refractivity contribution < 1.29 is 13.2 Å². The number of nitrogens with one attached hydrogen (secondary N) is 1. The second kappa shape index (κ2) is 9.34. The molecule has 0 spiro atoms. The Labute approximate surface area is 219 Å². The van der Waals surface area contributed by atoms with Crippen molar-refractivity contribution in [2.24, 2.45) is 0 Å². The smallest absolute Gasteiger partial charge is 0.351 e. The number of benzene rings is 2. The third kappa shape index (κ3) is 4.50. The number of hydrogen-bond donors (Lipinski definition) is 1. The average Bonchev–Trinajstić information content (AvgIpc) is 3.36. The van der Waals surface area contributed by atoms with Crippen molar-refractivity contribution >= 4 is 23.0 Å². The number of rotatable bonds is 4. The average molecular weight is 521 g/mol. The van der Waals surface area contributed by atoms with Crippen molar-refractivity contribution in [1.82, 2.24) is 14.9 Å². The van der Waals surface area contributed by atoms with Gasteiger partial charge in [-0.3, -0.25) is 4.98 Å². The van der Waals surface area contributed by atoms with Crippen molar-refractivity contribution in [2.45, 2.75) is 46.0 Å². The quantitative estimate of drug-likeness (QED) is 0.286. The normalized spacial score (nSPS) is 17.8. The van der Waals surface area contributed by atoms with Gasteiger partial charge in [-0.25, -0.2) is 0 Å². The summed E-state index contributed by atoms with van der Waals surface area (Å²) in [5, 5.41) is 4.04. The Balaban J connectivity index is 1.68. The molecule has 2 aromatic heterocycles. The first-order valence-electron chi connectivity index (χ1n) is 12.0. The molecule has 0 aliphatic carbocycles. The van der Waals surface area contributed by atoms with E-state index in [0.29, 0.717) is 10.8 Å². The number of anilines is 1. The summed E-state index contributed by atoms with van der Waals surface area (Å²) in [7, 11) is 0. The molecule has 2 aromatic carbocycles. The Kier molecular flexibility index (Phi) is 6.31. The second-order valence-corrected chi connectivity index (χ2v) is 9.86. The lowest BCUT2D eigenvalue weighted by Gasteiger charge is -2.28. The van der Waals surface area contributed by atoms with E-state index < -0.39 is 11.7 Å². The number of thiocarbonyl (C=S) groups is 1. The molecular weight excluding hydrogens is 493 g/mol. The minimum Gasteiger partial charge on any atom is -0.351 e. The standard InChI is InChI=1S/C29H27F3N4S/c1-17-11-12-23(14-18(17)2)36-27(26(34-28(36)37)25-10-5-6-13-33-25)24-15-19(3)35(20(24)4)22-9-7-8-21(16-22)29(30,31)32/h5-16,26-27H,1-4H3,(H,34,37)/t26-,27+/m0/s1. The Hall–Kier alpha value is -3.65. The van der Waals surface area contributed by atoms with Gasteiger partial charge in [0.25, 0.3) is 0 Å². The third-order valence-electron chi connectivity index (χ3n) is 7.09. The maximum atomic E-state index is 13.5. The first kappa shape index (κ1) is 25.0. The van der Waals surface area contributed by atoms with Crippen LogP contribution in [0.25, 0.3) is 5.69 Å². The van der Waals surface area contributed by atoms with Crippen LogP contribution in [0.1, 0.15) is 51.4 Å². The molecule has 1 saturated heterocycles. The van der Waals surface area contributed by atoms with Gasteiger partial charge in [-0.15, -0.1) is 0 Å². The number of aromatic nitrogens is 2. The lowest BCUT2D eigenvalue weighted by Crippen LogP contribution is -2.29. The zero-order chi connectivity index (χ0) is 26.5. The Morgan fingerprint density at radius 2 is 1.65 bits per heavy atom. The summed E-state index contributed by atoms with van der Waals surface area (Å²) < 4.78 is 42.3. The summed E-state index contributed by atoms with van der Waals surface area (Å²) in [6.07, 6.45) is -2.67. The number of hydrogen-bond acceptors (Lipinski definition) is 2. The minimum absolute atomic E-state index is 0.245. The lowest BCUT2D eigenvalue weighted by atomic mass is 9.96. The summed E-state index contributed by atoms with van der Waals surface area (Å²) in [4.78, 5) is 6.70. The van der Waals surface area contributed by atoms with Crippen LogP contribution in [0.15, 0.2) is 72.9 Å². The van der Waals surface area contributed by atoms with E-state index in [4.69, 9.17) is 12.2 Å². The van der Waals surface area contributed by atoms with Gasteiger partial charge in [0.1, 0.15) is 0 Å². The molecule has 0 bridgehead atoms. The Morgan fingerprint density at radius 3 is 2.32 bits per heavy atom. The molecule has 4 aromatic rings. The van der Waals surface area contributed by atoms with Gasteiger partial charge in [0.2, 0.25) is 0 Å². The fourth-order valence-electron chi connectivity index (χ4n) is 5.13. The van der Waals surface area contributed by atoms with Crippen LogP contribution in [0.2, 0.25) is 0 Å². The van der Waals surface area contributed by atoms with E-state index in [0.717, 1.165) is 40.0 Å². The number of halogens is 3. The molecule has 1 N–H and O–H groups in total. The molecule has 2 atom stereocenters. The highest BCUT2D eigenvalue weighted by molar-refractivity contribution is 7.80. The highest BCUT2D eigenvalue weighted by Gasteiger charge is 2.42. The summed E-state index contributed by atoms with van der Waals surface area (Å²) >= 11 is 5.84. The van der Waals surface area contributed by atoms with Gasteiger partial charge in [-0.1, -0.05) is 18.2 Å². The first-order valence-corrected chi connectivity index (χ1v) is 12.4. The predicted octanol–water partition coefficient (Wildman–Crippen LogP) is 7.30. The molecule has 37 heavy (non-hydrogen) atoms. The molecular formula is C29H27F3N4S. The summed E-state index contributed by atoms with van der Waals surface area (Å²) in [6, 6.07) is 19.0. The zero-order valence-electron chi connectivity index (χ0n) is 21.0. The highest BCUT2D eigenvalue weighted by atomic mass is 32.1. The first-order chi connectivity index (χ1) is 17.6. The van der Waals surface area contributed by atoms with Gasteiger partial charge in [0.05, 0.1) is 23.3 Å². The van der Waals surface area contributed by atoms with E-state index >= 15 is 0 Å². The van der Waals surface area contributed by atoms with E-state index in [-0.39, 0.29) is 12.1 Å². The number of alkyl halides is 3. The zero-order valence-corrected chi connectivity index (χ0v) is 21.8. The molecule has 190 valence electrons. The van der Waals surface area contributed by atoms with Crippen LogP contribution in [-0.2, 0) is 6.18 Å². The van der Waals surface area contributed by atoms with Crippen LogP contribution >= 0.6 is 12.2 Å². The molecule has 0 amide bonds. The third-order valence-corrected chi connectivity index (χ3v) is 7.40. The van der Waals surface area contributed by atoms with Crippen LogP contribution in [0.4, 0.5) is 18.9 Å². The minimum atomic E-state index is -4.42. The van der Waals surface area contributed by atoms with Crippen LogP contribution in [-0.4, -0.2) is 14.7 Å². The predicted molar refractivity (Wildman–Crippen MR) is 144 cm³/mol. The maximum Gasteiger partial charge on any atom is 0.416 e. The Morgan fingerprint density at radius 1 is 0.865 bits per heavy atom. The molecule has 5 rings (SSSR count). The fourth-order valence-corrected chi connectivity index (χ4v) is 5.48. The molecule has 0 unspecified atom stereocenters. The number of pyridine rings is 1. The molecule has 4 nitrogen and oxygen atoms in total. The molecule has 1 fully saturated rings. The summed E-state index contributed by atoms with van der Waals surface area (Å²) in [5.74, 6) is 0. The van der Waals surface area contributed by atoms with Crippen molar-refractivity contribution in [2.75, 3.05) is 4.90 Å². The summed E-state index contributed by atoms with van der Waals surface area (Å²) in [5.41, 5.74) is 6.57. The molecule has 1 aliphatic heterocycles. The van der Waals surface area contributed by atoms with Crippen LogP contribution in [0, 0.1) is 27.7 Å². The second-order valence-electron chi connectivity index (χ2n) is 9.48. The largest absolute Gasteiger partial charge is 0.416 e. The SMILES string of the molecule is Cc1ccc(N2C(=S)N[C@@H](c3ccccn3)[C@H]2c2cc(C)n(-c3cccc(C(F)(F)F)c3)c2C)cc1C. The van der Waals surface area contributed by atoms with Gasteiger partial charge in [0, 0.05) is 29.0 Å².